The van der Waals surface area contributed by atoms with E-state index in [2.05, 4.69) is 34.8 Å². The number of amides is 3. The zero-order chi connectivity index (χ0) is 44.4. The number of nitrogens with zero attached hydrogens (tertiary/aromatic N) is 6. The third-order valence-electron chi connectivity index (χ3n) is 12.0. The van der Waals surface area contributed by atoms with Gasteiger partial charge in [-0.25, -0.2) is 18.7 Å². The lowest BCUT2D eigenvalue weighted by atomic mass is 9.89. The molecule has 5 aromatic rings. The normalized spacial score (nSPS) is 17.9. The number of imide groups is 1. The van der Waals surface area contributed by atoms with Crippen molar-refractivity contribution in [3.8, 4) is 16.9 Å². The number of ketones is 1. The number of anilines is 2. The second-order valence-corrected chi connectivity index (χ2v) is 17.7. The first-order valence-corrected chi connectivity index (χ1v) is 22.3. The van der Waals surface area contributed by atoms with Crippen LogP contribution in [0.25, 0.3) is 22.2 Å². The molecule has 3 aliphatic rings. The van der Waals surface area contributed by atoms with Crippen molar-refractivity contribution in [2.75, 3.05) is 69.0 Å². The minimum Gasteiger partial charge on any atom is -0.481 e. The molecule has 1 unspecified atom stereocenters. The fraction of sp³-hybridized carbons (Fsp3) is 0.364. The largest absolute Gasteiger partial charge is 0.481 e. The number of likely N-dealkylation sites (tertiary alicyclic amines) is 1. The molecule has 0 saturated carbocycles. The number of piperazine rings is 1. The van der Waals surface area contributed by atoms with Gasteiger partial charge in [0.15, 0.2) is 11.9 Å². The van der Waals surface area contributed by atoms with Crippen LogP contribution in [0.1, 0.15) is 60.0 Å². The van der Waals surface area contributed by atoms with Crippen LogP contribution in [-0.2, 0) is 24.6 Å². The van der Waals surface area contributed by atoms with Gasteiger partial charge in [0.25, 0.3) is 5.91 Å². The number of fused-ring (bicyclic) bond motifs is 1. The van der Waals surface area contributed by atoms with Crippen LogP contribution in [0.2, 0.25) is 0 Å². The second-order valence-electron chi connectivity index (χ2n) is 15.9. The number of piperidine rings is 2. The highest BCUT2D eigenvalue weighted by Gasteiger charge is 2.30. The van der Waals surface area contributed by atoms with E-state index >= 15 is 8.78 Å². The zero-order valence-electron chi connectivity index (χ0n) is 34.8. The Hall–Kier alpha value is -6.31. The maximum atomic E-state index is 15.6. The average Bonchev–Trinajstić information content (AvgIpc) is 3.72. The molecule has 0 spiro atoms. The van der Waals surface area contributed by atoms with Crippen molar-refractivity contribution in [2.45, 2.75) is 44.6 Å². The molecule has 3 aliphatic heterocycles. The van der Waals surface area contributed by atoms with Gasteiger partial charge in [0.05, 0.1) is 17.8 Å². The summed E-state index contributed by atoms with van der Waals surface area (Å²) in [6.07, 6.45) is 6.38. The van der Waals surface area contributed by atoms with E-state index in [4.69, 9.17) is 4.74 Å². The van der Waals surface area contributed by atoms with Gasteiger partial charge < -0.3 is 19.5 Å². The van der Waals surface area contributed by atoms with Gasteiger partial charge >= 0.3 is 10.2 Å². The topological polar surface area (TPSA) is 190 Å². The number of halogens is 2. The number of carbonyl (C=O) groups is 4. The number of H-pyrrole nitrogens is 1. The summed E-state index contributed by atoms with van der Waals surface area (Å²) in [6, 6.07) is 15.0. The summed E-state index contributed by atoms with van der Waals surface area (Å²) >= 11 is 0. The van der Waals surface area contributed by atoms with E-state index in [1.165, 1.54) is 18.8 Å². The summed E-state index contributed by atoms with van der Waals surface area (Å²) < 4.78 is 64.6. The molecule has 16 nitrogen and oxygen atoms in total. The molecule has 3 fully saturated rings. The Morgan fingerprint density at radius 2 is 1.65 bits per heavy atom. The number of nitrogens with one attached hydrogen (secondary N) is 3. The first-order valence-electron chi connectivity index (χ1n) is 20.8. The first kappa shape index (κ1) is 43.3. The number of pyridine rings is 2. The standard InChI is InChI=1S/C44H47F2N9O7S/c1-3-52(2)63(60,61)51-35-10-9-34(45)40(41(35)46)42(58)33-25-49-43-32(33)22-30(24-48-43)29-6-12-37(47-23-29)54-18-20-55(21-19-54)39(57)26-53-16-14-28(15-17-53)27-4-7-31(8-5-27)62-36-11-13-38(56)50-44(36)59/h4-10,12,22-25,28,36,51H,3,11,13-21,26H2,1-2H3,(H,48,49)(H,50,56,59). The number of rotatable bonds is 13. The van der Waals surface area contributed by atoms with E-state index in [1.807, 2.05) is 41.3 Å². The molecule has 2 aromatic carbocycles. The van der Waals surface area contributed by atoms with Crippen LogP contribution >= 0.6 is 0 Å². The molecule has 330 valence electrons. The van der Waals surface area contributed by atoms with Crippen molar-refractivity contribution < 1.29 is 41.1 Å². The number of ether oxygens (including phenoxy) is 1. The minimum atomic E-state index is -4.15. The lowest BCUT2D eigenvalue weighted by molar-refractivity contribution is -0.139. The Labute approximate surface area is 362 Å². The van der Waals surface area contributed by atoms with Gasteiger partial charge in [-0.15, -0.1) is 0 Å². The molecule has 3 aromatic heterocycles. The molecule has 0 bridgehead atoms. The predicted molar refractivity (Wildman–Crippen MR) is 230 cm³/mol. The number of carbonyl (C=O) groups excluding carboxylic acids is 4. The average molecular weight is 884 g/mol. The molecular formula is C44H47F2N9O7S. The smallest absolute Gasteiger partial charge is 0.301 e. The quantitative estimate of drug-likeness (QED) is 0.112. The zero-order valence-corrected chi connectivity index (χ0v) is 35.6. The fourth-order valence-electron chi connectivity index (χ4n) is 8.12. The highest BCUT2D eigenvalue weighted by atomic mass is 32.2. The van der Waals surface area contributed by atoms with Crippen molar-refractivity contribution in [1.82, 2.24) is 34.4 Å². The Bertz CT molecular complexity index is 2650. The van der Waals surface area contributed by atoms with Crippen molar-refractivity contribution >= 4 is 56.3 Å². The van der Waals surface area contributed by atoms with Crippen LogP contribution in [0.15, 0.2) is 73.2 Å². The molecule has 8 rings (SSSR count). The number of benzene rings is 2. The summed E-state index contributed by atoms with van der Waals surface area (Å²) in [5.41, 5.74) is 1.28. The monoisotopic (exact) mass is 883 g/mol. The molecular weight excluding hydrogens is 837 g/mol. The molecule has 0 radical (unpaired) electrons. The van der Waals surface area contributed by atoms with E-state index in [0.717, 1.165) is 48.2 Å². The van der Waals surface area contributed by atoms with E-state index in [1.54, 1.807) is 25.4 Å². The molecule has 1 atom stereocenters. The van der Waals surface area contributed by atoms with Crippen molar-refractivity contribution in [3.63, 3.8) is 0 Å². The summed E-state index contributed by atoms with van der Waals surface area (Å²) in [6.45, 7) is 6.00. The number of aromatic nitrogens is 3. The number of hydrogen-bond donors (Lipinski definition) is 3. The highest BCUT2D eigenvalue weighted by molar-refractivity contribution is 7.90. The second kappa shape index (κ2) is 18.2. The Kier molecular flexibility index (Phi) is 12.5. The van der Waals surface area contributed by atoms with Gasteiger partial charge in [0, 0.05) is 93.3 Å². The van der Waals surface area contributed by atoms with Crippen molar-refractivity contribution in [2.24, 2.45) is 0 Å². The van der Waals surface area contributed by atoms with Crippen LogP contribution in [0.5, 0.6) is 5.75 Å². The Morgan fingerprint density at radius 1 is 0.921 bits per heavy atom. The van der Waals surface area contributed by atoms with Crippen molar-refractivity contribution in [3.05, 3.63) is 102 Å². The Morgan fingerprint density at radius 3 is 2.33 bits per heavy atom. The Balaban J connectivity index is 0.834. The molecule has 19 heteroatoms. The van der Waals surface area contributed by atoms with Crippen LogP contribution in [0.3, 0.4) is 0 Å². The third kappa shape index (κ3) is 9.40. The summed E-state index contributed by atoms with van der Waals surface area (Å²) in [5.74, 6) is -2.38. The molecule has 3 saturated heterocycles. The summed E-state index contributed by atoms with van der Waals surface area (Å²) in [5, 5.41) is 2.62. The van der Waals surface area contributed by atoms with E-state index < -0.39 is 50.9 Å². The molecule has 3 N–H and O–H groups in total. The molecule has 6 heterocycles. The molecule has 63 heavy (non-hydrogen) atoms. The predicted octanol–water partition coefficient (Wildman–Crippen LogP) is 4.45. The van der Waals surface area contributed by atoms with Crippen LogP contribution < -0.4 is 19.7 Å². The van der Waals surface area contributed by atoms with Crippen molar-refractivity contribution in [1.29, 1.82) is 0 Å². The van der Waals surface area contributed by atoms with Gasteiger partial charge in [0.2, 0.25) is 17.6 Å². The summed E-state index contributed by atoms with van der Waals surface area (Å²) in [4.78, 5) is 68.7. The molecule has 0 aliphatic carbocycles. The van der Waals surface area contributed by atoms with Crippen LogP contribution in [0.4, 0.5) is 20.3 Å². The third-order valence-corrected chi connectivity index (χ3v) is 13.5. The van der Waals surface area contributed by atoms with Crippen LogP contribution in [0, 0.1) is 11.6 Å². The maximum Gasteiger partial charge on any atom is 0.301 e. The lowest BCUT2D eigenvalue weighted by Gasteiger charge is -2.37. The van der Waals surface area contributed by atoms with Gasteiger partial charge in [-0.2, -0.15) is 12.7 Å². The van der Waals surface area contributed by atoms with Crippen LogP contribution in [-0.4, -0.2) is 126 Å². The SMILES string of the molecule is CCN(C)S(=O)(=O)Nc1ccc(F)c(C(=O)c2c[nH]c3ncc(-c4ccc(N5CCN(C(=O)CN6CCC(c7ccc(OC8CCC(=O)NC8=O)cc7)CC6)CC5)nc4)cc23)c1F. The lowest BCUT2D eigenvalue weighted by Crippen LogP contribution is -2.52. The highest BCUT2D eigenvalue weighted by Crippen LogP contribution is 2.32. The number of hydrogen-bond acceptors (Lipinski definition) is 11. The van der Waals surface area contributed by atoms with Gasteiger partial charge in [-0.1, -0.05) is 19.1 Å². The first-order chi connectivity index (χ1) is 30.3. The van der Waals surface area contributed by atoms with Gasteiger partial charge in [0.1, 0.15) is 23.0 Å². The van der Waals surface area contributed by atoms with E-state index in [0.29, 0.717) is 73.0 Å². The minimum absolute atomic E-state index is 0.0486. The maximum absolute atomic E-state index is 15.6. The fourth-order valence-corrected chi connectivity index (χ4v) is 9.05. The molecule has 3 amide bonds. The van der Waals surface area contributed by atoms with Gasteiger partial charge in [-0.05, 0) is 79.9 Å². The number of aromatic amines is 1. The summed E-state index contributed by atoms with van der Waals surface area (Å²) in [7, 11) is -2.85. The van der Waals surface area contributed by atoms with Gasteiger partial charge in [-0.3, -0.25) is 34.1 Å². The van der Waals surface area contributed by atoms with E-state index in [-0.39, 0.29) is 30.3 Å². The van der Waals surface area contributed by atoms with E-state index in [9.17, 15) is 27.6 Å².